The quantitative estimate of drug-likeness (QED) is 0.796. The van der Waals surface area contributed by atoms with Crippen LogP contribution in [-0.4, -0.2) is 42.3 Å². The van der Waals surface area contributed by atoms with Crippen LogP contribution in [0.15, 0.2) is 18.2 Å². The molecule has 0 saturated carbocycles. The molecule has 1 aromatic rings. The van der Waals surface area contributed by atoms with Gasteiger partial charge in [0.25, 0.3) is 0 Å². The van der Waals surface area contributed by atoms with Crippen LogP contribution in [0.3, 0.4) is 0 Å². The van der Waals surface area contributed by atoms with E-state index in [2.05, 4.69) is 0 Å². The van der Waals surface area contributed by atoms with Gasteiger partial charge in [0, 0.05) is 37.4 Å². The van der Waals surface area contributed by atoms with E-state index in [1.165, 1.54) is 6.07 Å². The van der Waals surface area contributed by atoms with Crippen molar-refractivity contribution < 1.29 is 18.3 Å². The molecule has 22 heavy (non-hydrogen) atoms. The van der Waals surface area contributed by atoms with E-state index in [9.17, 15) is 13.6 Å². The van der Waals surface area contributed by atoms with Crippen molar-refractivity contribution in [3.05, 3.63) is 29.8 Å². The fourth-order valence-corrected chi connectivity index (χ4v) is 2.50. The van der Waals surface area contributed by atoms with Gasteiger partial charge in [-0.2, -0.15) is 0 Å². The van der Waals surface area contributed by atoms with Gasteiger partial charge in [0.2, 0.25) is 0 Å². The van der Waals surface area contributed by atoms with E-state index in [4.69, 9.17) is 4.74 Å². The summed E-state index contributed by atoms with van der Waals surface area (Å²) in [7, 11) is 0. The summed E-state index contributed by atoms with van der Waals surface area (Å²) in [6.07, 6.45) is -0.343. The van der Waals surface area contributed by atoms with Gasteiger partial charge in [-0.1, -0.05) is 0 Å². The zero-order valence-corrected chi connectivity index (χ0v) is 13.4. The van der Waals surface area contributed by atoms with Gasteiger partial charge >= 0.3 is 6.09 Å². The first-order chi connectivity index (χ1) is 10.2. The number of hydrogen-bond acceptors (Lipinski definition) is 3. The molecule has 1 aliphatic rings. The number of ether oxygens (including phenoxy) is 1. The number of carbonyl (C=O) groups excluding carboxylic acids is 1. The molecular weight excluding hydrogens is 290 g/mol. The number of halogens is 2. The number of amides is 1. The van der Waals surface area contributed by atoms with E-state index in [0.29, 0.717) is 25.3 Å². The molecule has 1 saturated heterocycles. The van der Waals surface area contributed by atoms with Gasteiger partial charge in [0.1, 0.15) is 5.60 Å². The molecule has 1 atom stereocenters. The van der Waals surface area contributed by atoms with Gasteiger partial charge < -0.3 is 14.5 Å². The lowest BCUT2D eigenvalue weighted by Crippen LogP contribution is -2.54. The highest BCUT2D eigenvalue weighted by atomic mass is 19.2. The normalized spacial score (nSPS) is 19.3. The van der Waals surface area contributed by atoms with Crippen LogP contribution in [0.2, 0.25) is 0 Å². The van der Waals surface area contributed by atoms with Crippen molar-refractivity contribution in [2.24, 2.45) is 0 Å². The molecule has 1 amide bonds. The van der Waals surface area contributed by atoms with Crippen molar-refractivity contribution in [1.29, 1.82) is 0 Å². The van der Waals surface area contributed by atoms with Crippen LogP contribution in [0.25, 0.3) is 0 Å². The van der Waals surface area contributed by atoms with Crippen molar-refractivity contribution >= 4 is 11.8 Å². The lowest BCUT2D eigenvalue weighted by molar-refractivity contribution is 0.0219. The number of anilines is 1. The van der Waals surface area contributed by atoms with Crippen molar-refractivity contribution in [3.63, 3.8) is 0 Å². The fourth-order valence-electron chi connectivity index (χ4n) is 2.50. The van der Waals surface area contributed by atoms with E-state index in [0.717, 1.165) is 6.07 Å². The lowest BCUT2D eigenvalue weighted by Gasteiger charge is -2.41. The predicted octanol–water partition coefficient (Wildman–Crippen LogP) is 3.41. The Morgan fingerprint density at radius 3 is 2.45 bits per heavy atom. The minimum atomic E-state index is -0.862. The van der Waals surface area contributed by atoms with Crippen LogP contribution in [-0.2, 0) is 4.74 Å². The molecule has 0 spiro atoms. The topological polar surface area (TPSA) is 32.8 Å². The molecule has 0 aromatic heterocycles. The second-order valence-electron chi connectivity index (χ2n) is 6.57. The highest BCUT2D eigenvalue weighted by molar-refractivity contribution is 5.68. The van der Waals surface area contributed by atoms with E-state index in [1.54, 1.807) is 11.0 Å². The van der Waals surface area contributed by atoms with Crippen LogP contribution in [0.1, 0.15) is 27.7 Å². The smallest absolute Gasteiger partial charge is 0.410 e. The molecular formula is C16H22F2N2O2. The Labute approximate surface area is 129 Å². The van der Waals surface area contributed by atoms with Crippen LogP contribution in [0.4, 0.5) is 19.3 Å². The highest BCUT2D eigenvalue weighted by Gasteiger charge is 2.30. The summed E-state index contributed by atoms with van der Waals surface area (Å²) in [5.41, 5.74) is 0.0904. The highest BCUT2D eigenvalue weighted by Crippen LogP contribution is 2.23. The van der Waals surface area contributed by atoms with E-state index < -0.39 is 17.2 Å². The fraction of sp³-hybridized carbons (Fsp3) is 0.562. The molecule has 1 fully saturated rings. The number of hydrogen-bond donors (Lipinski definition) is 0. The number of benzene rings is 1. The first-order valence-electron chi connectivity index (χ1n) is 7.37. The van der Waals surface area contributed by atoms with E-state index in [1.807, 2.05) is 32.6 Å². The van der Waals surface area contributed by atoms with E-state index >= 15 is 0 Å². The summed E-state index contributed by atoms with van der Waals surface area (Å²) < 4.78 is 31.8. The van der Waals surface area contributed by atoms with Crippen LogP contribution in [0.5, 0.6) is 0 Å². The van der Waals surface area contributed by atoms with Gasteiger partial charge in [-0.05, 0) is 39.8 Å². The van der Waals surface area contributed by atoms with Crippen LogP contribution in [0, 0.1) is 11.6 Å². The monoisotopic (exact) mass is 312 g/mol. The summed E-state index contributed by atoms with van der Waals surface area (Å²) in [5, 5.41) is 0. The molecule has 0 bridgehead atoms. The minimum absolute atomic E-state index is 0.00821. The maximum Gasteiger partial charge on any atom is 0.410 e. The molecule has 2 rings (SSSR count). The molecule has 0 unspecified atom stereocenters. The Hall–Kier alpha value is -1.85. The third-order valence-corrected chi connectivity index (χ3v) is 3.51. The maximum atomic E-state index is 13.4. The molecule has 0 radical (unpaired) electrons. The van der Waals surface area contributed by atoms with Gasteiger partial charge in [0.05, 0.1) is 0 Å². The largest absolute Gasteiger partial charge is 0.444 e. The zero-order chi connectivity index (χ0) is 16.5. The first-order valence-corrected chi connectivity index (χ1v) is 7.37. The van der Waals surface area contributed by atoms with Gasteiger partial charge in [-0.25, -0.2) is 13.6 Å². The molecule has 0 N–H and O–H groups in total. The van der Waals surface area contributed by atoms with Crippen molar-refractivity contribution in [3.8, 4) is 0 Å². The Bertz CT molecular complexity index is 558. The summed E-state index contributed by atoms with van der Waals surface area (Å²) >= 11 is 0. The predicted molar refractivity (Wildman–Crippen MR) is 81.0 cm³/mol. The summed E-state index contributed by atoms with van der Waals surface area (Å²) in [4.78, 5) is 15.7. The molecule has 6 heteroatoms. The Morgan fingerprint density at radius 1 is 1.23 bits per heavy atom. The molecule has 122 valence electrons. The average Bonchev–Trinajstić information content (AvgIpc) is 2.40. The molecule has 0 aliphatic carbocycles. The Balaban J connectivity index is 2.03. The first kappa shape index (κ1) is 16.5. The minimum Gasteiger partial charge on any atom is -0.444 e. The second-order valence-corrected chi connectivity index (χ2v) is 6.57. The van der Waals surface area contributed by atoms with Crippen LogP contribution < -0.4 is 4.90 Å². The Morgan fingerprint density at radius 2 is 1.91 bits per heavy atom. The standard InChI is InChI=1S/C16H22F2N2O2/c1-11-10-19(15(21)22-16(2,3)4)7-8-20(11)12-5-6-13(17)14(18)9-12/h5-6,9,11H,7-8,10H2,1-4H3/t11-/m0/s1. The summed E-state index contributed by atoms with van der Waals surface area (Å²) in [5.74, 6) is -1.72. The van der Waals surface area contributed by atoms with E-state index in [-0.39, 0.29) is 12.1 Å². The number of carbonyl (C=O) groups is 1. The summed E-state index contributed by atoms with van der Waals surface area (Å²) in [6.45, 7) is 8.93. The van der Waals surface area contributed by atoms with Crippen molar-refractivity contribution in [1.82, 2.24) is 4.90 Å². The molecule has 1 aliphatic heterocycles. The third-order valence-electron chi connectivity index (χ3n) is 3.51. The lowest BCUT2D eigenvalue weighted by atomic mass is 10.1. The average molecular weight is 312 g/mol. The van der Waals surface area contributed by atoms with Crippen molar-refractivity contribution in [2.45, 2.75) is 39.3 Å². The van der Waals surface area contributed by atoms with Crippen LogP contribution >= 0.6 is 0 Å². The molecule has 1 heterocycles. The molecule has 1 aromatic carbocycles. The SMILES string of the molecule is C[C@H]1CN(C(=O)OC(C)(C)C)CCN1c1ccc(F)c(F)c1. The zero-order valence-electron chi connectivity index (χ0n) is 13.4. The van der Waals surface area contributed by atoms with Gasteiger partial charge in [-0.15, -0.1) is 0 Å². The van der Waals surface area contributed by atoms with Gasteiger partial charge in [-0.3, -0.25) is 0 Å². The maximum absolute atomic E-state index is 13.4. The molecule has 4 nitrogen and oxygen atoms in total. The van der Waals surface area contributed by atoms with Gasteiger partial charge in [0.15, 0.2) is 11.6 Å². The number of piperazine rings is 1. The summed E-state index contributed by atoms with van der Waals surface area (Å²) in [6, 6.07) is 3.86. The van der Waals surface area contributed by atoms with Crippen molar-refractivity contribution in [2.75, 3.05) is 24.5 Å². The number of rotatable bonds is 1. The number of nitrogens with zero attached hydrogens (tertiary/aromatic N) is 2. The Kier molecular flexibility index (Phi) is 4.58. The third kappa shape index (κ3) is 3.87. The second kappa shape index (κ2) is 6.10.